The number of nitrogens with one attached hydrogen (secondary N) is 1. The lowest BCUT2D eigenvalue weighted by molar-refractivity contribution is -0.385. The Hall–Kier alpha value is -3.62. The maximum atomic E-state index is 14.7. The summed E-state index contributed by atoms with van der Waals surface area (Å²) in [6.07, 6.45) is -2.00. The van der Waals surface area contributed by atoms with Gasteiger partial charge in [-0.2, -0.15) is 8.78 Å². The third-order valence-electron chi connectivity index (χ3n) is 7.16. The summed E-state index contributed by atoms with van der Waals surface area (Å²) in [7, 11) is 4.10. The third kappa shape index (κ3) is 6.19. The molecule has 4 rings (SSSR count). The van der Waals surface area contributed by atoms with Gasteiger partial charge in [0, 0.05) is 75.0 Å². The lowest BCUT2D eigenvalue weighted by Crippen LogP contribution is -2.36. The summed E-state index contributed by atoms with van der Waals surface area (Å²) >= 11 is 0. The van der Waals surface area contributed by atoms with Crippen LogP contribution in [0.1, 0.15) is 54.7 Å². The van der Waals surface area contributed by atoms with Gasteiger partial charge in [-0.05, 0) is 24.6 Å². The van der Waals surface area contributed by atoms with Crippen molar-refractivity contribution in [3.63, 3.8) is 0 Å². The van der Waals surface area contributed by atoms with Gasteiger partial charge in [-0.25, -0.2) is 18.7 Å². The Balaban J connectivity index is 1.86. The summed E-state index contributed by atoms with van der Waals surface area (Å²) in [6.45, 7) is 1.43. The maximum Gasteiger partial charge on any atom is 0.297 e. The van der Waals surface area contributed by atoms with Crippen LogP contribution in [-0.4, -0.2) is 56.0 Å². The molecule has 2 heterocycles. The minimum atomic E-state index is -3.51. The topological polar surface area (TPSA) is 118 Å². The van der Waals surface area contributed by atoms with Crippen LogP contribution in [0.2, 0.25) is 0 Å². The highest BCUT2D eigenvalue weighted by Crippen LogP contribution is 2.43. The molecule has 0 amide bonds. The van der Waals surface area contributed by atoms with Gasteiger partial charge in [0.1, 0.15) is 23.8 Å². The Bertz CT molecular complexity index is 1420. The number of methoxy groups -OCH3 is 3. The molecule has 1 aliphatic heterocycles. The number of nitro benzene ring substituents is 1. The second kappa shape index (κ2) is 12.1. The van der Waals surface area contributed by atoms with Crippen molar-refractivity contribution >= 4 is 22.4 Å². The van der Waals surface area contributed by atoms with E-state index in [9.17, 15) is 27.7 Å². The lowest BCUT2D eigenvalue weighted by atomic mass is 9.84. The van der Waals surface area contributed by atoms with Gasteiger partial charge in [-0.15, -0.1) is 0 Å². The molecule has 1 fully saturated rings. The molecule has 1 aromatic heterocycles. The normalized spacial score (nSPS) is 16.1. The van der Waals surface area contributed by atoms with Crippen LogP contribution >= 0.6 is 0 Å². The van der Waals surface area contributed by atoms with Crippen molar-refractivity contribution in [2.75, 3.05) is 46.5 Å². The van der Waals surface area contributed by atoms with Gasteiger partial charge in [-0.3, -0.25) is 10.1 Å². The molecule has 2 aromatic carbocycles. The van der Waals surface area contributed by atoms with Gasteiger partial charge in [0.15, 0.2) is 5.82 Å². The number of nitro groups is 1. The molecule has 0 spiro atoms. The van der Waals surface area contributed by atoms with E-state index in [1.54, 1.807) is 20.1 Å². The Morgan fingerprint density at radius 1 is 1.12 bits per heavy atom. The quantitative estimate of drug-likeness (QED) is 0.164. The van der Waals surface area contributed by atoms with E-state index in [1.807, 2.05) is 0 Å². The SMILES string of the molecule is COCC(F)(F)c1cc([C@@H](C)Nc2nc(C(F)F)nc3cc(OC)c(C4(OC)CCOCC4)cc23)cc([N+](=O)[O-])c1. The molecule has 1 aliphatic rings. The smallest absolute Gasteiger partial charge is 0.297 e. The van der Waals surface area contributed by atoms with Crippen LogP contribution in [0.25, 0.3) is 10.9 Å². The van der Waals surface area contributed by atoms with E-state index in [2.05, 4.69) is 20.0 Å². The number of hydrogen-bond acceptors (Lipinski definition) is 9. The van der Waals surface area contributed by atoms with Crippen molar-refractivity contribution in [2.24, 2.45) is 0 Å². The first-order valence-electron chi connectivity index (χ1n) is 12.7. The van der Waals surface area contributed by atoms with E-state index in [1.165, 1.54) is 13.2 Å². The summed E-state index contributed by atoms with van der Waals surface area (Å²) in [5.74, 6) is -3.91. The van der Waals surface area contributed by atoms with Gasteiger partial charge in [0.05, 0.1) is 23.6 Å². The number of aromatic nitrogens is 2. The molecule has 222 valence electrons. The molecule has 0 unspecified atom stereocenters. The highest BCUT2D eigenvalue weighted by molar-refractivity contribution is 5.91. The minimum Gasteiger partial charge on any atom is -0.496 e. The monoisotopic (exact) mass is 582 g/mol. The number of halogens is 4. The molecular weight excluding hydrogens is 552 g/mol. The van der Waals surface area contributed by atoms with Gasteiger partial charge >= 0.3 is 0 Å². The largest absolute Gasteiger partial charge is 0.496 e. The Labute approximate surface area is 233 Å². The van der Waals surface area contributed by atoms with E-state index < -0.39 is 52.6 Å². The van der Waals surface area contributed by atoms with Crippen molar-refractivity contribution in [3.8, 4) is 5.75 Å². The summed E-state index contributed by atoms with van der Waals surface area (Å²) in [5.41, 5.74) is -1.07. The number of nitrogens with zero attached hydrogens (tertiary/aromatic N) is 3. The van der Waals surface area contributed by atoms with Crippen LogP contribution in [0.5, 0.6) is 5.75 Å². The molecular formula is C27H30F4N4O6. The van der Waals surface area contributed by atoms with E-state index >= 15 is 0 Å². The number of anilines is 1. The second-order valence-corrected chi connectivity index (χ2v) is 9.69. The van der Waals surface area contributed by atoms with Crippen molar-refractivity contribution < 1.29 is 41.4 Å². The standard InChI is InChI=1S/C27H30F4N4O6/c1-15(16-9-17(27(30,31)14-38-2)11-18(10-16)35(36)37)32-24-19-12-20(26(40-4)5-7-41-8-6-26)22(39-3)13-21(19)33-25(34-24)23(28)29/h9-13,15,23H,5-8,14H2,1-4H3,(H,32,33,34)/t15-/m1/s1. The van der Waals surface area contributed by atoms with Crippen molar-refractivity contribution in [3.05, 3.63) is 63.0 Å². The van der Waals surface area contributed by atoms with Crippen LogP contribution in [0.3, 0.4) is 0 Å². The van der Waals surface area contributed by atoms with E-state index in [0.717, 1.165) is 25.3 Å². The number of ether oxygens (including phenoxy) is 4. The fraction of sp³-hybridized carbons (Fsp3) is 0.481. The third-order valence-corrected chi connectivity index (χ3v) is 7.16. The Kier molecular flexibility index (Phi) is 8.94. The Morgan fingerprint density at radius 3 is 2.41 bits per heavy atom. The van der Waals surface area contributed by atoms with Gasteiger partial charge in [0.25, 0.3) is 18.0 Å². The van der Waals surface area contributed by atoms with Crippen LogP contribution < -0.4 is 10.1 Å². The zero-order chi connectivity index (χ0) is 29.9. The van der Waals surface area contributed by atoms with Gasteiger partial charge in [-0.1, -0.05) is 0 Å². The number of alkyl halides is 4. The first-order valence-corrected chi connectivity index (χ1v) is 12.7. The van der Waals surface area contributed by atoms with Crippen LogP contribution in [0, 0.1) is 10.1 Å². The predicted molar refractivity (Wildman–Crippen MR) is 141 cm³/mol. The lowest BCUT2D eigenvalue weighted by Gasteiger charge is -2.37. The molecule has 41 heavy (non-hydrogen) atoms. The summed E-state index contributed by atoms with van der Waals surface area (Å²) in [4.78, 5) is 18.8. The fourth-order valence-electron chi connectivity index (χ4n) is 4.95. The molecule has 10 nitrogen and oxygen atoms in total. The molecule has 1 N–H and O–H groups in total. The number of rotatable bonds is 11. The predicted octanol–water partition coefficient (Wildman–Crippen LogP) is 6.05. The van der Waals surface area contributed by atoms with E-state index in [0.29, 0.717) is 42.8 Å². The van der Waals surface area contributed by atoms with Crippen molar-refractivity contribution in [2.45, 2.75) is 43.8 Å². The number of hydrogen-bond donors (Lipinski definition) is 1. The molecule has 3 aromatic rings. The molecule has 1 saturated heterocycles. The van der Waals surface area contributed by atoms with E-state index in [4.69, 9.17) is 14.2 Å². The average Bonchev–Trinajstić information content (AvgIpc) is 2.96. The maximum absolute atomic E-state index is 14.7. The summed E-state index contributed by atoms with van der Waals surface area (Å²) in [6, 6.07) is 5.36. The minimum absolute atomic E-state index is 0.0169. The zero-order valence-electron chi connectivity index (χ0n) is 22.9. The zero-order valence-corrected chi connectivity index (χ0v) is 22.9. The van der Waals surface area contributed by atoms with Crippen LogP contribution in [0.15, 0.2) is 30.3 Å². The number of benzene rings is 2. The molecule has 0 bridgehead atoms. The van der Waals surface area contributed by atoms with Crippen LogP contribution in [-0.2, 0) is 25.7 Å². The molecule has 0 radical (unpaired) electrons. The summed E-state index contributed by atoms with van der Waals surface area (Å²) in [5, 5.41) is 14.9. The van der Waals surface area contributed by atoms with Crippen LogP contribution in [0.4, 0.5) is 29.1 Å². The summed E-state index contributed by atoms with van der Waals surface area (Å²) < 4.78 is 78.6. The highest BCUT2D eigenvalue weighted by Gasteiger charge is 2.38. The number of fused-ring (bicyclic) bond motifs is 1. The number of non-ortho nitro benzene ring substituents is 1. The first-order chi connectivity index (χ1) is 19.4. The van der Waals surface area contributed by atoms with Crippen molar-refractivity contribution in [1.29, 1.82) is 0 Å². The highest BCUT2D eigenvalue weighted by atomic mass is 19.3. The van der Waals surface area contributed by atoms with Crippen molar-refractivity contribution in [1.82, 2.24) is 9.97 Å². The molecule has 0 saturated carbocycles. The first kappa shape index (κ1) is 30.3. The second-order valence-electron chi connectivity index (χ2n) is 9.69. The van der Waals surface area contributed by atoms with E-state index in [-0.39, 0.29) is 16.9 Å². The fourth-order valence-corrected chi connectivity index (χ4v) is 4.95. The molecule has 0 aliphatic carbocycles. The molecule has 14 heteroatoms. The average molecular weight is 583 g/mol. The molecule has 1 atom stereocenters. The Morgan fingerprint density at radius 2 is 1.83 bits per heavy atom. The van der Waals surface area contributed by atoms with Gasteiger partial charge < -0.3 is 24.3 Å². The van der Waals surface area contributed by atoms with Gasteiger partial charge in [0.2, 0.25) is 0 Å².